The average molecular weight is 922 g/mol. The van der Waals surface area contributed by atoms with E-state index in [0.717, 1.165) is 61.1 Å². The van der Waals surface area contributed by atoms with Crippen LogP contribution in [0.4, 0.5) is 0 Å². The van der Waals surface area contributed by atoms with Crippen LogP contribution in [0.2, 0.25) is 0 Å². The molecule has 6 aromatic rings. The minimum atomic E-state index is -1.38. The molecule has 7 heterocycles. The Hall–Kier alpha value is -5.54. The number of amides is 2. The molecule has 2 aliphatic carbocycles. The van der Waals surface area contributed by atoms with Gasteiger partial charge in [-0.3, -0.25) is 29.4 Å². The van der Waals surface area contributed by atoms with Crippen molar-refractivity contribution in [2.45, 2.75) is 110 Å². The van der Waals surface area contributed by atoms with E-state index in [9.17, 15) is 4.79 Å². The number of hydrogen-bond acceptors (Lipinski definition) is 11. The van der Waals surface area contributed by atoms with Crippen LogP contribution in [-0.4, -0.2) is 91.7 Å². The van der Waals surface area contributed by atoms with E-state index >= 15 is 9.59 Å². The first-order valence-electron chi connectivity index (χ1n) is 24.0. The minimum Gasteiger partial charge on any atom is -0.464 e. The van der Waals surface area contributed by atoms with E-state index in [4.69, 9.17) is 29.2 Å². The summed E-state index contributed by atoms with van der Waals surface area (Å²) in [6.45, 7) is 14.0. The van der Waals surface area contributed by atoms with Gasteiger partial charge >= 0.3 is 5.97 Å². The van der Waals surface area contributed by atoms with Crippen LogP contribution >= 0.6 is 11.3 Å². The number of rotatable bonds is 8. The van der Waals surface area contributed by atoms with Gasteiger partial charge in [0.25, 0.3) is 5.91 Å². The van der Waals surface area contributed by atoms with Crippen LogP contribution in [0.3, 0.4) is 0 Å². The quantitative estimate of drug-likeness (QED) is 0.147. The third kappa shape index (κ3) is 7.03. The van der Waals surface area contributed by atoms with E-state index in [-0.39, 0.29) is 54.2 Å². The first-order chi connectivity index (χ1) is 32.4. The maximum Gasteiger partial charge on any atom is 0.324 e. The Morgan fingerprint density at radius 3 is 2.67 bits per heavy atom. The minimum absolute atomic E-state index is 0.0369. The molecule has 1 spiro atoms. The molecule has 4 aromatic heterocycles. The summed E-state index contributed by atoms with van der Waals surface area (Å²) in [4.78, 5) is 62.2. The number of benzene rings is 2. The molecule has 2 saturated carbocycles. The summed E-state index contributed by atoms with van der Waals surface area (Å²) in [5.41, 5.74) is 9.16. The lowest BCUT2D eigenvalue weighted by Crippen LogP contribution is -2.76. The molecule has 13 nitrogen and oxygen atoms in total. The fourth-order valence-corrected chi connectivity index (χ4v) is 12.8. The summed E-state index contributed by atoms with van der Waals surface area (Å²) < 4.78 is 21.2. The molecule has 14 heteroatoms. The van der Waals surface area contributed by atoms with Crippen molar-refractivity contribution in [3.05, 3.63) is 100 Å². The van der Waals surface area contributed by atoms with Gasteiger partial charge in [-0.25, -0.2) is 10.4 Å². The van der Waals surface area contributed by atoms with Crippen molar-refractivity contribution in [3.63, 3.8) is 0 Å². The molecule has 2 saturated heterocycles. The van der Waals surface area contributed by atoms with E-state index in [1.54, 1.807) is 12.1 Å². The first kappa shape index (κ1) is 44.0. The number of aryl methyl sites for hydroxylation is 1. The van der Waals surface area contributed by atoms with Crippen LogP contribution in [-0.2, 0) is 41.6 Å². The number of esters is 1. The highest BCUT2D eigenvalue weighted by molar-refractivity contribution is 7.10. The average Bonchev–Trinajstić information content (AvgIpc) is 4.11. The molecule has 9 atom stereocenters. The van der Waals surface area contributed by atoms with Gasteiger partial charge in [-0.2, -0.15) is 0 Å². The molecule has 4 fully saturated rings. The number of hydrazine groups is 1. The molecular formula is C53H59N7O6S. The van der Waals surface area contributed by atoms with E-state index < -0.39 is 29.1 Å². The molecular weight excluding hydrogens is 863 g/mol. The molecule has 5 aliphatic rings. The van der Waals surface area contributed by atoms with Crippen molar-refractivity contribution in [1.82, 2.24) is 34.9 Å². The Labute approximate surface area is 395 Å². The number of methoxy groups -OCH3 is 1. The number of fused-ring (bicyclic) bond motifs is 9. The number of nitrogens with one attached hydrogen (secondary N) is 1. The van der Waals surface area contributed by atoms with Crippen molar-refractivity contribution in [2.24, 2.45) is 23.2 Å². The zero-order valence-electron chi connectivity index (χ0n) is 39.3. The molecule has 348 valence electrons. The summed E-state index contributed by atoms with van der Waals surface area (Å²) in [6.07, 6.45) is 4.98. The Bertz CT molecular complexity index is 2950. The lowest BCUT2D eigenvalue weighted by atomic mass is 9.76. The van der Waals surface area contributed by atoms with Crippen LogP contribution in [0.15, 0.2) is 78.4 Å². The highest BCUT2D eigenvalue weighted by atomic mass is 32.1. The van der Waals surface area contributed by atoms with Crippen LogP contribution < -0.4 is 5.43 Å². The second-order valence-corrected chi connectivity index (χ2v) is 21.0. The van der Waals surface area contributed by atoms with Crippen LogP contribution in [0.25, 0.3) is 44.2 Å². The van der Waals surface area contributed by atoms with Crippen LogP contribution in [0.1, 0.15) is 101 Å². The zero-order chi connectivity index (χ0) is 46.5. The van der Waals surface area contributed by atoms with Gasteiger partial charge < -0.3 is 23.7 Å². The van der Waals surface area contributed by atoms with Crippen LogP contribution in [0.5, 0.6) is 0 Å². The summed E-state index contributed by atoms with van der Waals surface area (Å²) in [6, 6.07) is 20.0. The molecule has 3 aliphatic heterocycles. The summed E-state index contributed by atoms with van der Waals surface area (Å²) >= 11 is 1.47. The normalized spacial score (nSPS) is 28.2. The summed E-state index contributed by atoms with van der Waals surface area (Å²) in [5, 5.41) is 7.49. The number of pyridine rings is 2. The van der Waals surface area contributed by atoms with E-state index in [1.165, 1.54) is 11.3 Å². The number of nitrogens with zero attached hydrogens (tertiary/aromatic N) is 6. The largest absolute Gasteiger partial charge is 0.464 e. The smallest absolute Gasteiger partial charge is 0.324 e. The fraction of sp³-hybridized carbons (Fsp3) is 0.472. The maximum absolute atomic E-state index is 15.7. The Kier molecular flexibility index (Phi) is 10.9. The van der Waals surface area contributed by atoms with Gasteiger partial charge in [0.2, 0.25) is 5.91 Å². The standard InChI is InChI=1S/C53H59N7O6S/c1-8-58-41-19-18-32-22-35(41)36(46(58)34-16-12-20-54-45(34)30(4)64-7)25-52(5,6)28-66-50(62)38-17-13-21-59(57-38)51(63)53(47(65-9-2)48-56-40(32)27-67-48)37-24-42(37)60(53)49(61)44-29(3)43(44)39-23-31-14-10-11-15-33(31)26-55-39/h10-12,14-16,18-20,22-23,26-27,29-30,37-38,42-44,47,57H,8-9,13,17,21,24-25,28H2,1-7H3/t29-,30+,37?,38+,42?,43-,44+,47-,53?/m1/s1. The lowest BCUT2D eigenvalue weighted by Gasteiger charge is -2.55. The number of carbonyl (C=O) groups excluding carboxylic acids is 3. The summed E-state index contributed by atoms with van der Waals surface area (Å²) in [5.74, 6) is -1.24. The zero-order valence-corrected chi connectivity index (χ0v) is 40.1. The second-order valence-electron chi connectivity index (χ2n) is 20.1. The first-order valence-corrected chi connectivity index (χ1v) is 24.9. The van der Waals surface area contributed by atoms with Crippen molar-refractivity contribution >= 4 is 50.8 Å². The number of aromatic nitrogens is 4. The predicted molar refractivity (Wildman–Crippen MR) is 257 cm³/mol. The highest BCUT2D eigenvalue weighted by Gasteiger charge is 2.80. The van der Waals surface area contributed by atoms with Gasteiger partial charge in [0, 0.05) is 101 Å². The van der Waals surface area contributed by atoms with Crippen molar-refractivity contribution in [2.75, 3.05) is 26.9 Å². The summed E-state index contributed by atoms with van der Waals surface area (Å²) in [7, 11) is 1.70. The molecule has 11 rings (SSSR count). The lowest BCUT2D eigenvalue weighted by molar-refractivity contribution is -0.192. The monoisotopic (exact) mass is 921 g/mol. The van der Waals surface area contributed by atoms with Crippen molar-refractivity contribution in [1.29, 1.82) is 0 Å². The van der Waals surface area contributed by atoms with E-state index in [0.29, 0.717) is 50.4 Å². The van der Waals surface area contributed by atoms with E-state index in [2.05, 4.69) is 79.5 Å². The number of cyclic esters (lactones) is 1. The van der Waals surface area contributed by atoms with Gasteiger partial charge in [0.05, 0.1) is 35.7 Å². The third-order valence-electron chi connectivity index (χ3n) is 15.4. The number of ether oxygens (including phenoxy) is 3. The molecule has 3 unspecified atom stereocenters. The van der Waals surface area contributed by atoms with Crippen molar-refractivity contribution < 1.29 is 28.6 Å². The third-order valence-corrected chi connectivity index (χ3v) is 16.2. The SMILES string of the molecule is CCO[C@@H]1c2nc(cs2)-c2ccc3c(c2)c(c(-c2cccnc2[C@H](C)OC)n3CC)CC(C)(C)COC(=O)[C@@H]2CCCN(N2)C(=O)C12C1CC1N2C(=O)[C@H]1[C@H](C)[C@@H]1c1cc2ccccc2cn1. The number of hydrogen-bond donors (Lipinski definition) is 1. The predicted octanol–water partition coefficient (Wildman–Crippen LogP) is 8.82. The highest BCUT2D eigenvalue weighted by Crippen LogP contribution is 2.67. The molecule has 1 N–H and O–H groups in total. The van der Waals surface area contributed by atoms with Crippen LogP contribution in [0, 0.1) is 23.2 Å². The molecule has 0 radical (unpaired) electrons. The van der Waals surface area contributed by atoms with Crippen molar-refractivity contribution in [3.8, 4) is 22.5 Å². The topological polar surface area (TPSA) is 141 Å². The Balaban J connectivity index is 1.04. The van der Waals surface area contributed by atoms with Gasteiger partial charge in [0.15, 0.2) is 5.54 Å². The second kappa shape index (κ2) is 16.6. The molecule has 67 heavy (non-hydrogen) atoms. The van der Waals surface area contributed by atoms with Gasteiger partial charge in [0.1, 0.15) is 17.2 Å². The molecule has 2 amide bonds. The Morgan fingerprint density at radius 2 is 1.88 bits per heavy atom. The Morgan fingerprint density at radius 1 is 1.06 bits per heavy atom. The number of thiazole rings is 1. The van der Waals surface area contributed by atoms with E-state index in [1.807, 2.05) is 55.4 Å². The molecule has 2 aromatic carbocycles. The fourth-order valence-electron chi connectivity index (χ4n) is 11.8. The van der Waals surface area contributed by atoms with Gasteiger partial charge in [-0.15, -0.1) is 11.3 Å². The maximum atomic E-state index is 15.7. The van der Waals surface area contributed by atoms with Gasteiger partial charge in [-0.1, -0.05) is 51.1 Å². The number of carbonyl (C=O) groups is 3. The molecule has 6 bridgehead atoms. The van der Waals surface area contributed by atoms with Gasteiger partial charge in [-0.05, 0) is 93.7 Å². The number of likely N-dealkylation sites (tertiary alicyclic amines) is 1.